The molecule has 0 saturated carbocycles. The van der Waals surface area contributed by atoms with E-state index in [1.54, 1.807) is 0 Å². The van der Waals surface area contributed by atoms with Crippen LogP contribution < -0.4 is 5.32 Å². The SMILES string of the molecule is CNC(CCOCC(F)(F)F)C1=CCCC1. The minimum Gasteiger partial charge on any atom is -0.372 e. The second kappa shape index (κ2) is 6.25. The Kier molecular flexibility index (Phi) is 5.28. The lowest BCUT2D eigenvalue weighted by Crippen LogP contribution is -2.29. The maximum atomic E-state index is 11.8. The fourth-order valence-electron chi connectivity index (χ4n) is 1.92. The Morgan fingerprint density at radius 1 is 1.50 bits per heavy atom. The van der Waals surface area contributed by atoms with E-state index in [0.717, 1.165) is 19.3 Å². The van der Waals surface area contributed by atoms with E-state index in [-0.39, 0.29) is 12.6 Å². The largest absolute Gasteiger partial charge is 0.411 e. The van der Waals surface area contributed by atoms with Crippen LogP contribution in [0.25, 0.3) is 0 Å². The summed E-state index contributed by atoms with van der Waals surface area (Å²) in [5.41, 5.74) is 1.30. The molecule has 1 aliphatic carbocycles. The van der Waals surface area contributed by atoms with Crippen molar-refractivity contribution in [1.82, 2.24) is 5.32 Å². The number of nitrogens with one attached hydrogen (secondary N) is 1. The molecule has 0 aromatic heterocycles. The molecule has 1 unspecified atom stereocenters. The van der Waals surface area contributed by atoms with Crippen LogP contribution in [0.5, 0.6) is 0 Å². The summed E-state index contributed by atoms with van der Waals surface area (Å²) in [4.78, 5) is 0. The highest BCUT2D eigenvalue weighted by atomic mass is 19.4. The standard InChI is InChI=1S/C11H18F3NO/c1-15-10(9-4-2-3-5-9)6-7-16-8-11(12,13)14/h4,10,15H,2-3,5-8H2,1H3. The van der Waals surface area contributed by atoms with Gasteiger partial charge in [-0.05, 0) is 32.7 Å². The van der Waals surface area contributed by atoms with Crippen LogP contribution >= 0.6 is 0 Å². The van der Waals surface area contributed by atoms with Gasteiger partial charge in [0.25, 0.3) is 0 Å². The highest BCUT2D eigenvalue weighted by Gasteiger charge is 2.27. The van der Waals surface area contributed by atoms with E-state index < -0.39 is 12.8 Å². The Labute approximate surface area is 93.9 Å². The number of likely N-dealkylation sites (N-methyl/N-ethyl adjacent to an activating group) is 1. The van der Waals surface area contributed by atoms with Crippen LogP contribution in [-0.4, -0.2) is 32.5 Å². The summed E-state index contributed by atoms with van der Waals surface area (Å²) in [6, 6.07) is 0.163. The number of hydrogen-bond donors (Lipinski definition) is 1. The van der Waals surface area contributed by atoms with Crippen molar-refractivity contribution in [3.05, 3.63) is 11.6 Å². The van der Waals surface area contributed by atoms with Crippen molar-refractivity contribution in [2.24, 2.45) is 0 Å². The van der Waals surface area contributed by atoms with E-state index in [2.05, 4.69) is 16.1 Å². The van der Waals surface area contributed by atoms with Crippen molar-refractivity contribution < 1.29 is 17.9 Å². The monoisotopic (exact) mass is 237 g/mol. The van der Waals surface area contributed by atoms with Gasteiger partial charge in [0.15, 0.2) is 0 Å². The third kappa shape index (κ3) is 4.99. The van der Waals surface area contributed by atoms with Crippen molar-refractivity contribution in [1.29, 1.82) is 0 Å². The first-order chi connectivity index (χ1) is 7.53. The fourth-order valence-corrected chi connectivity index (χ4v) is 1.92. The van der Waals surface area contributed by atoms with Crippen LogP contribution in [0.4, 0.5) is 13.2 Å². The van der Waals surface area contributed by atoms with Gasteiger partial charge in [0.2, 0.25) is 0 Å². The first-order valence-corrected chi connectivity index (χ1v) is 5.53. The fraction of sp³-hybridized carbons (Fsp3) is 0.818. The molecule has 0 aliphatic heterocycles. The minimum absolute atomic E-state index is 0.141. The van der Waals surface area contributed by atoms with Crippen LogP contribution in [-0.2, 0) is 4.74 Å². The van der Waals surface area contributed by atoms with Gasteiger partial charge in [-0.2, -0.15) is 13.2 Å². The van der Waals surface area contributed by atoms with Crippen LogP contribution in [0, 0.1) is 0 Å². The smallest absolute Gasteiger partial charge is 0.372 e. The lowest BCUT2D eigenvalue weighted by atomic mass is 10.0. The number of allylic oxidation sites excluding steroid dienone is 1. The van der Waals surface area contributed by atoms with E-state index >= 15 is 0 Å². The van der Waals surface area contributed by atoms with Crippen molar-refractivity contribution in [2.45, 2.75) is 37.9 Å². The average molecular weight is 237 g/mol. The molecule has 16 heavy (non-hydrogen) atoms. The molecular formula is C11H18F3NO. The topological polar surface area (TPSA) is 21.3 Å². The molecular weight excluding hydrogens is 219 g/mol. The van der Waals surface area contributed by atoms with E-state index in [0.29, 0.717) is 6.42 Å². The summed E-state index contributed by atoms with van der Waals surface area (Å²) in [7, 11) is 1.83. The van der Waals surface area contributed by atoms with Gasteiger partial charge in [0.1, 0.15) is 6.61 Å². The summed E-state index contributed by atoms with van der Waals surface area (Å²) in [6.07, 6.45) is 1.82. The normalized spacial score (nSPS) is 18.6. The van der Waals surface area contributed by atoms with E-state index in [4.69, 9.17) is 0 Å². The molecule has 0 saturated heterocycles. The van der Waals surface area contributed by atoms with Crippen molar-refractivity contribution in [3.63, 3.8) is 0 Å². The molecule has 0 fully saturated rings. The number of alkyl halides is 3. The van der Waals surface area contributed by atoms with Gasteiger partial charge in [-0.3, -0.25) is 0 Å². The highest BCUT2D eigenvalue weighted by Crippen LogP contribution is 2.22. The van der Waals surface area contributed by atoms with Gasteiger partial charge < -0.3 is 10.1 Å². The summed E-state index contributed by atoms with van der Waals surface area (Å²) in [5, 5.41) is 3.11. The zero-order chi connectivity index (χ0) is 12.0. The quantitative estimate of drug-likeness (QED) is 0.566. The second-order valence-corrected chi connectivity index (χ2v) is 3.97. The summed E-state index contributed by atoms with van der Waals surface area (Å²) >= 11 is 0. The maximum Gasteiger partial charge on any atom is 0.411 e. The van der Waals surface area contributed by atoms with Crippen LogP contribution in [0.1, 0.15) is 25.7 Å². The van der Waals surface area contributed by atoms with Gasteiger partial charge >= 0.3 is 6.18 Å². The molecule has 2 nitrogen and oxygen atoms in total. The maximum absolute atomic E-state index is 11.8. The van der Waals surface area contributed by atoms with E-state index in [1.807, 2.05) is 7.05 Å². The molecule has 0 radical (unpaired) electrons. The van der Waals surface area contributed by atoms with Crippen LogP contribution in [0.3, 0.4) is 0 Å². The highest BCUT2D eigenvalue weighted by molar-refractivity contribution is 5.14. The predicted octanol–water partition coefficient (Wildman–Crippen LogP) is 2.65. The molecule has 0 heterocycles. The molecule has 0 aromatic carbocycles. The second-order valence-electron chi connectivity index (χ2n) is 3.97. The summed E-state index contributed by atoms with van der Waals surface area (Å²) in [5.74, 6) is 0. The van der Waals surface area contributed by atoms with E-state index in [1.165, 1.54) is 5.57 Å². The van der Waals surface area contributed by atoms with Gasteiger partial charge in [0.05, 0.1) is 0 Å². The predicted molar refractivity (Wildman–Crippen MR) is 56.3 cm³/mol. The van der Waals surface area contributed by atoms with Crippen molar-refractivity contribution >= 4 is 0 Å². The zero-order valence-corrected chi connectivity index (χ0v) is 9.44. The van der Waals surface area contributed by atoms with Gasteiger partial charge in [-0.1, -0.05) is 11.6 Å². The number of rotatable bonds is 6. The Hall–Kier alpha value is -0.550. The van der Waals surface area contributed by atoms with Crippen molar-refractivity contribution in [3.8, 4) is 0 Å². The van der Waals surface area contributed by atoms with Crippen LogP contribution in [0.2, 0.25) is 0 Å². The molecule has 0 bridgehead atoms. The molecule has 0 spiro atoms. The van der Waals surface area contributed by atoms with E-state index in [9.17, 15) is 13.2 Å². The Morgan fingerprint density at radius 2 is 2.25 bits per heavy atom. The Balaban J connectivity index is 2.19. The lowest BCUT2D eigenvalue weighted by Gasteiger charge is -2.18. The molecule has 1 rings (SSSR count). The minimum atomic E-state index is -4.22. The third-order valence-electron chi connectivity index (χ3n) is 2.69. The molecule has 1 aliphatic rings. The molecule has 1 N–H and O–H groups in total. The first-order valence-electron chi connectivity index (χ1n) is 5.53. The zero-order valence-electron chi connectivity index (χ0n) is 9.44. The molecule has 5 heteroatoms. The van der Waals surface area contributed by atoms with Gasteiger partial charge in [-0.25, -0.2) is 0 Å². The Morgan fingerprint density at radius 3 is 2.75 bits per heavy atom. The van der Waals surface area contributed by atoms with Gasteiger partial charge in [0, 0.05) is 12.6 Å². The lowest BCUT2D eigenvalue weighted by molar-refractivity contribution is -0.174. The number of hydrogen-bond acceptors (Lipinski definition) is 2. The first kappa shape index (κ1) is 13.5. The van der Waals surface area contributed by atoms with Gasteiger partial charge in [-0.15, -0.1) is 0 Å². The summed E-state index contributed by atoms with van der Waals surface area (Å²) in [6.45, 7) is -1.01. The molecule has 0 aromatic rings. The number of ether oxygens (including phenoxy) is 1. The third-order valence-corrected chi connectivity index (χ3v) is 2.69. The summed E-state index contributed by atoms with van der Waals surface area (Å²) < 4.78 is 40.0. The number of halogens is 3. The average Bonchev–Trinajstić information content (AvgIpc) is 2.69. The molecule has 94 valence electrons. The van der Waals surface area contributed by atoms with Crippen molar-refractivity contribution in [2.75, 3.05) is 20.3 Å². The van der Waals surface area contributed by atoms with Crippen LogP contribution in [0.15, 0.2) is 11.6 Å². The Bertz CT molecular complexity index is 238. The molecule has 1 atom stereocenters. The molecule has 0 amide bonds.